The van der Waals surface area contributed by atoms with Crippen LogP contribution in [0.3, 0.4) is 0 Å². The summed E-state index contributed by atoms with van der Waals surface area (Å²) in [5.41, 5.74) is 5.98. The molecule has 0 heterocycles. The Labute approximate surface area is 109 Å². The zero-order chi connectivity index (χ0) is 14.8. The minimum absolute atomic E-state index is 0.0520. The third-order valence-corrected chi connectivity index (χ3v) is 3.38. The molecule has 0 aliphatic rings. The molecule has 0 aliphatic carbocycles. The zero-order valence-electron chi connectivity index (χ0n) is 10.1. The highest BCUT2D eigenvalue weighted by atomic mass is 32.2. The van der Waals surface area contributed by atoms with E-state index in [-0.39, 0.29) is 17.1 Å². The standard InChI is InChI=1S/C10H14F3N3O2S/c1-16(5-4-10(11,12)13)9-3-2-7(6-8(9)14)19(15,17)18/h2-3,6H,4-5,14H2,1H3,(H2,15,17,18). The summed E-state index contributed by atoms with van der Waals surface area (Å²) in [6.07, 6.45) is -5.25. The second-order valence-electron chi connectivity index (χ2n) is 4.05. The molecule has 0 saturated heterocycles. The fourth-order valence-electron chi connectivity index (χ4n) is 1.47. The third kappa shape index (κ3) is 4.60. The van der Waals surface area contributed by atoms with Gasteiger partial charge < -0.3 is 10.6 Å². The van der Waals surface area contributed by atoms with Gasteiger partial charge >= 0.3 is 6.18 Å². The molecule has 0 atom stereocenters. The predicted molar refractivity (Wildman–Crippen MR) is 66.2 cm³/mol. The van der Waals surface area contributed by atoms with E-state index < -0.39 is 22.6 Å². The van der Waals surface area contributed by atoms with Crippen molar-refractivity contribution in [2.75, 3.05) is 24.2 Å². The van der Waals surface area contributed by atoms with Gasteiger partial charge in [0.15, 0.2) is 0 Å². The number of rotatable bonds is 4. The molecular formula is C10H14F3N3O2S. The Morgan fingerprint density at radius 1 is 1.32 bits per heavy atom. The Bertz CT molecular complexity index is 558. The number of alkyl halides is 3. The van der Waals surface area contributed by atoms with Gasteiger partial charge in [-0.3, -0.25) is 0 Å². The van der Waals surface area contributed by atoms with Crippen LogP contribution in [0.1, 0.15) is 6.42 Å². The molecule has 0 bridgehead atoms. The summed E-state index contributed by atoms with van der Waals surface area (Å²) in [6.45, 7) is -0.275. The van der Waals surface area contributed by atoms with Gasteiger partial charge in [-0.15, -0.1) is 0 Å². The summed E-state index contributed by atoms with van der Waals surface area (Å²) in [6, 6.07) is 3.64. The molecule has 108 valence electrons. The smallest absolute Gasteiger partial charge is 0.390 e. The van der Waals surface area contributed by atoms with Gasteiger partial charge in [0.05, 0.1) is 22.7 Å². The first-order valence-corrected chi connectivity index (χ1v) is 6.75. The lowest BCUT2D eigenvalue weighted by Gasteiger charge is -2.22. The SMILES string of the molecule is CN(CCC(F)(F)F)c1ccc(S(N)(=O)=O)cc1N. The van der Waals surface area contributed by atoms with Crippen LogP contribution in [0.4, 0.5) is 24.5 Å². The number of anilines is 2. The highest BCUT2D eigenvalue weighted by Crippen LogP contribution is 2.27. The van der Waals surface area contributed by atoms with Crippen LogP contribution in [0.5, 0.6) is 0 Å². The lowest BCUT2D eigenvalue weighted by atomic mass is 10.2. The number of nitrogens with zero attached hydrogens (tertiary/aromatic N) is 1. The van der Waals surface area contributed by atoms with Crippen molar-refractivity contribution in [1.29, 1.82) is 0 Å². The van der Waals surface area contributed by atoms with Gasteiger partial charge in [-0.2, -0.15) is 13.2 Å². The normalized spacial score (nSPS) is 12.5. The molecule has 0 aromatic heterocycles. The van der Waals surface area contributed by atoms with Gasteiger partial charge in [-0.05, 0) is 18.2 Å². The molecule has 9 heteroatoms. The first-order chi connectivity index (χ1) is 8.50. The Morgan fingerprint density at radius 3 is 2.32 bits per heavy atom. The molecule has 0 saturated carbocycles. The van der Waals surface area contributed by atoms with Crippen LogP contribution < -0.4 is 15.8 Å². The predicted octanol–water partition coefficient (Wildman–Crippen LogP) is 1.30. The highest BCUT2D eigenvalue weighted by molar-refractivity contribution is 7.89. The molecule has 1 aromatic carbocycles. The number of hydrogen-bond donors (Lipinski definition) is 2. The fraction of sp³-hybridized carbons (Fsp3) is 0.400. The second kappa shape index (κ2) is 5.25. The molecule has 0 aliphatic heterocycles. The van der Waals surface area contributed by atoms with Crippen LogP contribution in [-0.4, -0.2) is 28.2 Å². The van der Waals surface area contributed by atoms with E-state index in [1.807, 2.05) is 0 Å². The molecule has 1 aromatic rings. The third-order valence-electron chi connectivity index (χ3n) is 2.47. The fourth-order valence-corrected chi connectivity index (χ4v) is 2.02. The molecule has 4 N–H and O–H groups in total. The topological polar surface area (TPSA) is 89.4 Å². The Balaban J connectivity index is 2.91. The van der Waals surface area contributed by atoms with Gasteiger partial charge in [0.2, 0.25) is 10.0 Å². The molecule has 0 spiro atoms. The number of nitrogens with two attached hydrogens (primary N) is 2. The zero-order valence-corrected chi connectivity index (χ0v) is 10.9. The van der Waals surface area contributed by atoms with Crippen molar-refractivity contribution in [2.45, 2.75) is 17.5 Å². The van der Waals surface area contributed by atoms with Crippen LogP contribution in [0.25, 0.3) is 0 Å². The average Bonchev–Trinajstić information content (AvgIpc) is 2.23. The minimum atomic E-state index is -4.26. The van der Waals surface area contributed by atoms with Crippen molar-refractivity contribution in [2.24, 2.45) is 5.14 Å². The number of sulfonamides is 1. The van der Waals surface area contributed by atoms with Crippen LogP contribution in [-0.2, 0) is 10.0 Å². The van der Waals surface area contributed by atoms with Crippen molar-refractivity contribution in [3.05, 3.63) is 18.2 Å². The molecule has 0 amide bonds. The summed E-state index contributed by atoms with van der Waals surface area (Å²) in [4.78, 5) is 1.12. The lowest BCUT2D eigenvalue weighted by molar-refractivity contribution is -0.132. The Morgan fingerprint density at radius 2 is 1.89 bits per heavy atom. The van der Waals surface area contributed by atoms with Crippen LogP contribution in [0.2, 0.25) is 0 Å². The van der Waals surface area contributed by atoms with Gasteiger partial charge in [-0.1, -0.05) is 0 Å². The van der Waals surface area contributed by atoms with E-state index in [0.29, 0.717) is 5.69 Å². The van der Waals surface area contributed by atoms with E-state index in [2.05, 4.69) is 0 Å². The average molecular weight is 297 g/mol. The molecule has 5 nitrogen and oxygen atoms in total. The monoisotopic (exact) mass is 297 g/mol. The van der Waals surface area contributed by atoms with Crippen molar-refractivity contribution in [3.63, 3.8) is 0 Å². The van der Waals surface area contributed by atoms with E-state index >= 15 is 0 Å². The Hall–Kier alpha value is -1.48. The highest BCUT2D eigenvalue weighted by Gasteiger charge is 2.27. The molecule has 19 heavy (non-hydrogen) atoms. The van der Waals surface area contributed by atoms with E-state index in [1.54, 1.807) is 0 Å². The molecule has 0 fully saturated rings. The first-order valence-electron chi connectivity index (χ1n) is 5.21. The number of halogens is 3. The van der Waals surface area contributed by atoms with Crippen LogP contribution >= 0.6 is 0 Å². The summed E-state index contributed by atoms with van der Waals surface area (Å²) in [5.74, 6) is 0. The number of nitrogen functional groups attached to an aromatic ring is 1. The van der Waals surface area contributed by atoms with E-state index in [4.69, 9.17) is 10.9 Å². The van der Waals surface area contributed by atoms with Crippen molar-refractivity contribution in [1.82, 2.24) is 0 Å². The second-order valence-corrected chi connectivity index (χ2v) is 5.61. The maximum Gasteiger partial charge on any atom is 0.390 e. The largest absolute Gasteiger partial charge is 0.397 e. The van der Waals surface area contributed by atoms with Gasteiger partial charge in [0, 0.05) is 13.6 Å². The maximum atomic E-state index is 12.1. The van der Waals surface area contributed by atoms with Crippen LogP contribution in [0.15, 0.2) is 23.1 Å². The molecule has 0 unspecified atom stereocenters. The van der Waals surface area contributed by atoms with Crippen molar-refractivity contribution in [3.8, 4) is 0 Å². The summed E-state index contributed by atoms with van der Waals surface area (Å²) in [7, 11) is -2.44. The van der Waals surface area contributed by atoms with Gasteiger partial charge in [0.1, 0.15) is 0 Å². The molecule has 1 rings (SSSR count). The number of benzene rings is 1. The first kappa shape index (κ1) is 15.6. The van der Waals surface area contributed by atoms with Crippen molar-refractivity contribution >= 4 is 21.4 Å². The summed E-state index contributed by atoms with van der Waals surface area (Å²) >= 11 is 0. The number of hydrogen-bond acceptors (Lipinski definition) is 4. The quantitative estimate of drug-likeness (QED) is 0.820. The van der Waals surface area contributed by atoms with E-state index in [9.17, 15) is 21.6 Å². The van der Waals surface area contributed by atoms with E-state index in [1.165, 1.54) is 24.1 Å². The molecule has 0 radical (unpaired) electrons. The van der Waals surface area contributed by atoms with Gasteiger partial charge in [0.25, 0.3) is 0 Å². The minimum Gasteiger partial charge on any atom is -0.397 e. The Kier molecular flexibility index (Phi) is 4.31. The van der Waals surface area contributed by atoms with E-state index in [0.717, 1.165) is 6.07 Å². The molecular weight excluding hydrogens is 283 g/mol. The summed E-state index contributed by atoms with van der Waals surface area (Å²) < 4.78 is 58.5. The van der Waals surface area contributed by atoms with Gasteiger partial charge in [-0.25, -0.2) is 13.6 Å². The number of primary sulfonamides is 1. The summed E-state index contributed by atoms with van der Waals surface area (Å²) in [5, 5.41) is 4.92. The van der Waals surface area contributed by atoms with Crippen LogP contribution in [0, 0.1) is 0 Å². The lowest BCUT2D eigenvalue weighted by Crippen LogP contribution is -2.25. The van der Waals surface area contributed by atoms with Crippen molar-refractivity contribution < 1.29 is 21.6 Å². The maximum absolute atomic E-state index is 12.1.